The van der Waals surface area contributed by atoms with Crippen molar-refractivity contribution in [2.75, 3.05) is 6.54 Å². The average Bonchev–Trinajstić information content (AvgIpc) is 2.37. The van der Waals surface area contributed by atoms with Crippen molar-refractivity contribution in [2.24, 2.45) is 0 Å². The zero-order valence-corrected chi connectivity index (χ0v) is 13.0. The van der Waals surface area contributed by atoms with Gasteiger partial charge in [0.15, 0.2) is 0 Å². The van der Waals surface area contributed by atoms with Gasteiger partial charge in [0.1, 0.15) is 0 Å². The van der Waals surface area contributed by atoms with Crippen LogP contribution in [0.5, 0.6) is 0 Å². The Bertz CT molecular complexity index is 375. The summed E-state index contributed by atoms with van der Waals surface area (Å²) in [5, 5.41) is 13.8. The Balaban J connectivity index is 1.80. The molecule has 0 saturated heterocycles. The largest absolute Gasteiger partial charge is 0.387 e. The van der Waals surface area contributed by atoms with Crippen LogP contribution in [0, 0.1) is 0 Å². The molecule has 1 aliphatic rings. The van der Waals surface area contributed by atoms with Gasteiger partial charge in [-0.1, -0.05) is 60.2 Å². The normalized spacial score (nSPS) is 19.7. The van der Waals surface area contributed by atoms with Gasteiger partial charge >= 0.3 is 0 Å². The third kappa shape index (κ3) is 5.25. The van der Waals surface area contributed by atoms with Crippen molar-refractivity contribution in [3.05, 3.63) is 34.3 Å². The second kappa shape index (κ2) is 8.03. The molecule has 2 nitrogen and oxygen atoms in total. The van der Waals surface area contributed by atoms with E-state index in [1.807, 2.05) is 24.3 Å². The molecular weight excluding hydrogens is 302 g/mol. The van der Waals surface area contributed by atoms with Gasteiger partial charge in [0.2, 0.25) is 0 Å². The van der Waals surface area contributed by atoms with E-state index in [4.69, 9.17) is 0 Å². The fourth-order valence-electron chi connectivity index (χ4n) is 2.77. The van der Waals surface area contributed by atoms with Gasteiger partial charge < -0.3 is 10.4 Å². The number of halogens is 1. The zero-order chi connectivity index (χ0) is 13.5. The fraction of sp³-hybridized carbons (Fsp3) is 0.625. The van der Waals surface area contributed by atoms with E-state index in [1.54, 1.807) is 0 Å². The van der Waals surface area contributed by atoms with E-state index in [1.165, 1.54) is 44.9 Å². The number of hydrogen-bond donors (Lipinski definition) is 2. The first-order valence-corrected chi connectivity index (χ1v) is 8.22. The van der Waals surface area contributed by atoms with E-state index in [2.05, 4.69) is 21.2 Å². The SMILES string of the molecule is OC(CNC1CCCCCCC1)c1cccc(Br)c1. The van der Waals surface area contributed by atoms with E-state index in [9.17, 15) is 5.11 Å². The maximum atomic E-state index is 10.2. The van der Waals surface area contributed by atoms with Gasteiger partial charge in [-0.05, 0) is 30.5 Å². The van der Waals surface area contributed by atoms with Crippen molar-refractivity contribution in [2.45, 2.75) is 57.1 Å². The quantitative estimate of drug-likeness (QED) is 0.870. The molecule has 2 N–H and O–H groups in total. The molecule has 19 heavy (non-hydrogen) atoms. The number of rotatable bonds is 4. The predicted octanol–water partition coefficient (Wildman–Crippen LogP) is 4.19. The topological polar surface area (TPSA) is 32.3 Å². The van der Waals surface area contributed by atoms with E-state index < -0.39 is 6.10 Å². The molecule has 1 aromatic rings. The molecule has 1 aromatic carbocycles. The van der Waals surface area contributed by atoms with E-state index >= 15 is 0 Å². The molecule has 0 heterocycles. The summed E-state index contributed by atoms with van der Waals surface area (Å²) in [4.78, 5) is 0. The summed E-state index contributed by atoms with van der Waals surface area (Å²) in [5.74, 6) is 0. The molecular formula is C16H24BrNO. The Labute approximate surface area is 124 Å². The predicted molar refractivity (Wildman–Crippen MR) is 83.2 cm³/mol. The Kier molecular flexibility index (Phi) is 6.35. The minimum Gasteiger partial charge on any atom is -0.387 e. The van der Waals surface area contributed by atoms with Crippen LogP contribution in [-0.2, 0) is 0 Å². The van der Waals surface area contributed by atoms with Crippen molar-refractivity contribution in [1.29, 1.82) is 0 Å². The van der Waals surface area contributed by atoms with Gasteiger partial charge in [-0.2, -0.15) is 0 Å². The first kappa shape index (κ1) is 15.0. The minimum atomic E-state index is -0.414. The smallest absolute Gasteiger partial charge is 0.0914 e. The number of benzene rings is 1. The first-order chi connectivity index (χ1) is 9.25. The summed E-state index contributed by atoms with van der Waals surface area (Å²) in [6.07, 6.45) is 8.88. The Hall–Kier alpha value is -0.380. The zero-order valence-electron chi connectivity index (χ0n) is 11.4. The van der Waals surface area contributed by atoms with Crippen LogP contribution in [0.25, 0.3) is 0 Å². The molecule has 0 aliphatic heterocycles. The number of hydrogen-bond acceptors (Lipinski definition) is 2. The van der Waals surface area contributed by atoms with Gasteiger partial charge in [0.05, 0.1) is 6.10 Å². The van der Waals surface area contributed by atoms with Gasteiger partial charge in [-0.3, -0.25) is 0 Å². The van der Waals surface area contributed by atoms with Crippen LogP contribution >= 0.6 is 15.9 Å². The molecule has 1 fully saturated rings. The van der Waals surface area contributed by atoms with Crippen LogP contribution in [0.4, 0.5) is 0 Å². The minimum absolute atomic E-state index is 0.414. The molecule has 0 radical (unpaired) electrons. The van der Waals surface area contributed by atoms with Gasteiger partial charge in [-0.25, -0.2) is 0 Å². The van der Waals surface area contributed by atoms with Crippen molar-refractivity contribution >= 4 is 15.9 Å². The highest BCUT2D eigenvalue weighted by molar-refractivity contribution is 9.10. The number of aliphatic hydroxyl groups excluding tert-OH is 1. The highest BCUT2D eigenvalue weighted by Gasteiger charge is 2.13. The lowest BCUT2D eigenvalue weighted by Crippen LogP contribution is -2.33. The standard InChI is InChI=1S/C16H24BrNO/c17-14-8-6-7-13(11-14)16(19)12-18-15-9-4-2-1-3-5-10-15/h6-8,11,15-16,18-19H,1-5,9-10,12H2. The third-order valence-electron chi connectivity index (χ3n) is 3.94. The molecule has 106 valence electrons. The average molecular weight is 326 g/mol. The molecule has 0 spiro atoms. The Morgan fingerprint density at radius 3 is 2.53 bits per heavy atom. The Morgan fingerprint density at radius 1 is 1.16 bits per heavy atom. The van der Waals surface area contributed by atoms with Crippen LogP contribution in [0.2, 0.25) is 0 Å². The second-order valence-corrected chi connectivity index (χ2v) is 6.44. The van der Waals surface area contributed by atoms with Crippen molar-refractivity contribution in [1.82, 2.24) is 5.32 Å². The van der Waals surface area contributed by atoms with Crippen LogP contribution in [0.15, 0.2) is 28.7 Å². The highest BCUT2D eigenvalue weighted by Crippen LogP contribution is 2.20. The molecule has 1 saturated carbocycles. The summed E-state index contributed by atoms with van der Waals surface area (Å²) < 4.78 is 1.02. The maximum Gasteiger partial charge on any atom is 0.0914 e. The highest BCUT2D eigenvalue weighted by atomic mass is 79.9. The molecule has 1 atom stereocenters. The van der Waals surface area contributed by atoms with Crippen LogP contribution in [0.3, 0.4) is 0 Å². The van der Waals surface area contributed by atoms with Gasteiger partial charge in [0.25, 0.3) is 0 Å². The molecule has 3 heteroatoms. The van der Waals surface area contributed by atoms with Crippen molar-refractivity contribution in [3.8, 4) is 0 Å². The molecule has 0 amide bonds. The van der Waals surface area contributed by atoms with E-state index in [0.717, 1.165) is 10.0 Å². The molecule has 0 bridgehead atoms. The van der Waals surface area contributed by atoms with Crippen molar-refractivity contribution < 1.29 is 5.11 Å². The third-order valence-corrected chi connectivity index (χ3v) is 4.43. The van der Waals surface area contributed by atoms with E-state index in [-0.39, 0.29) is 0 Å². The monoisotopic (exact) mass is 325 g/mol. The maximum absolute atomic E-state index is 10.2. The second-order valence-electron chi connectivity index (χ2n) is 5.52. The van der Waals surface area contributed by atoms with Gasteiger partial charge in [-0.15, -0.1) is 0 Å². The molecule has 1 aliphatic carbocycles. The summed E-state index contributed by atoms with van der Waals surface area (Å²) in [6, 6.07) is 8.51. The van der Waals surface area contributed by atoms with Crippen LogP contribution in [-0.4, -0.2) is 17.7 Å². The van der Waals surface area contributed by atoms with E-state index in [0.29, 0.717) is 12.6 Å². The Morgan fingerprint density at radius 2 is 1.84 bits per heavy atom. The lowest BCUT2D eigenvalue weighted by atomic mass is 9.96. The summed E-state index contributed by atoms with van der Waals surface area (Å²) >= 11 is 3.45. The summed E-state index contributed by atoms with van der Waals surface area (Å²) in [5.41, 5.74) is 0.979. The summed E-state index contributed by atoms with van der Waals surface area (Å²) in [6.45, 7) is 0.654. The van der Waals surface area contributed by atoms with Crippen LogP contribution in [0.1, 0.15) is 56.6 Å². The molecule has 0 aromatic heterocycles. The molecule has 2 rings (SSSR count). The van der Waals surface area contributed by atoms with Gasteiger partial charge in [0, 0.05) is 17.1 Å². The number of nitrogens with one attached hydrogen (secondary N) is 1. The lowest BCUT2D eigenvalue weighted by Gasteiger charge is -2.23. The number of aliphatic hydroxyl groups is 1. The van der Waals surface area contributed by atoms with Crippen molar-refractivity contribution in [3.63, 3.8) is 0 Å². The lowest BCUT2D eigenvalue weighted by molar-refractivity contribution is 0.166. The first-order valence-electron chi connectivity index (χ1n) is 7.42. The molecule has 1 unspecified atom stereocenters. The fourth-order valence-corrected chi connectivity index (χ4v) is 3.19. The van der Waals surface area contributed by atoms with Crippen LogP contribution < -0.4 is 5.32 Å². The summed E-state index contributed by atoms with van der Waals surface area (Å²) in [7, 11) is 0.